The first-order chi connectivity index (χ1) is 8.12. The van der Waals surface area contributed by atoms with Crippen LogP contribution >= 0.6 is 11.8 Å². The predicted molar refractivity (Wildman–Crippen MR) is 73.4 cm³/mol. The molecule has 2 nitrogen and oxygen atoms in total. The van der Waals surface area contributed by atoms with E-state index >= 15 is 0 Å². The molecule has 0 radical (unpaired) electrons. The fourth-order valence-electron chi connectivity index (χ4n) is 2.30. The quantitative estimate of drug-likeness (QED) is 0.844. The predicted octanol–water partition coefficient (Wildman–Crippen LogP) is 2.97. The third-order valence-electron chi connectivity index (χ3n) is 3.22. The minimum absolute atomic E-state index is 0.388. The van der Waals surface area contributed by atoms with Gasteiger partial charge in [0.15, 0.2) is 0 Å². The van der Waals surface area contributed by atoms with Gasteiger partial charge in [-0.05, 0) is 25.0 Å². The smallest absolute Gasteiger partial charge is 0.0743 e. The Labute approximate surface area is 108 Å². The summed E-state index contributed by atoms with van der Waals surface area (Å²) in [5.74, 6) is 1.07. The molecule has 94 valence electrons. The van der Waals surface area contributed by atoms with Crippen molar-refractivity contribution in [2.75, 3.05) is 12.3 Å². The average molecular weight is 251 g/mol. The van der Waals surface area contributed by atoms with Crippen LogP contribution in [0.5, 0.6) is 0 Å². The highest BCUT2D eigenvalue weighted by molar-refractivity contribution is 7.99. The molecular formula is C14H21NOS. The molecule has 3 heteroatoms. The van der Waals surface area contributed by atoms with E-state index in [1.54, 1.807) is 0 Å². The molecule has 1 aromatic rings. The maximum absolute atomic E-state index is 10.2. The van der Waals surface area contributed by atoms with Crippen molar-refractivity contribution in [1.82, 2.24) is 5.32 Å². The van der Waals surface area contributed by atoms with Crippen LogP contribution in [-0.4, -0.2) is 23.0 Å². The van der Waals surface area contributed by atoms with Crippen molar-refractivity contribution in [3.05, 3.63) is 29.8 Å². The van der Waals surface area contributed by atoms with Gasteiger partial charge in [-0.25, -0.2) is 0 Å². The molecular weight excluding hydrogens is 230 g/mol. The summed E-state index contributed by atoms with van der Waals surface area (Å²) in [7, 11) is 0. The molecule has 0 saturated heterocycles. The molecule has 1 aliphatic heterocycles. The lowest BCUT2D eigenvalue weighted by molar-refractivity contribution is 0.0478. The molecule has 0 amide bonds. The van der Waals surface area contributed by atoms with Gasteiger partial charge in [0.05, 0.1) is 5.60 Å². The third-order valence-corrected chi connectivity index (χ3v) is 4.40. The maximum atomic E-state index is 10.2. The zero-order valence-electron chi connectivity index (χ0n) is 10.6. The van der Waals surface area contributed by atoms with Gasteiger partial charge in [-0.1, -0.05) is 31.5 Å². The lowest BCUT2D eigenvalue weighted by Crippen LogP contribution is -2.39. The SMILES string of the molecule is CCCC(C)(O)CNC1CSc2ccccc21. The van der Waals surface area contributed by atoms with Crippen molar-refractivity contribution in [2.45, 2.75) is 43.2 Å². The van der Waals surface area contributed by atoms with Crippen molar-refractivity contribution in [3.8, 4) is 0 Å². The zero-order chi connectivity index (χ0) is 12.3. The highest BCUT2D eigenvalue weighted by Gasteiger charge is 2.25. The molecule has 0 saturated carbocycles. The van der Waals surface area contributed by atoms with E-state index in [0.717, 1.165) is 18.6 Å². The Hall–Kier alpha value is -0.510. The topological polar surface area (TPSA) is 32.3 Å². The minimum atomic E-state index is -0.586. The van der Waals surface area contributed by atoms with E-state index in [1.165, 1.54) is 10.5 Å². The fraction of sp³-hybridized carbons (Fsp3) is 0.571. The van der Waals surface area contributed by atoms with Crippen LogP contribution in [0.1, 0.15) is 38.3 Å². The van der Waals surface area contributed by atoms with Gasteiger partial charge >= 0.3 is 0 Å². The van der Waals surface area contributed by atoms with Gasteiger partial charge in [-0.2, -0.15) is 0 Å². The molecule has 0 aromatic heterocycles. The van der Waals surface area contributed by atoms with Crippen molar-refractivity contribution in [3.63, 3.8) is 0 Å². The Balaban J connectivity index is 1.94. The Bertz CT molecular complexity index is 378. The molecule has 2 atom stereocenters. The second kappa shape index (κ2) is 5.42. The van der Waals surface area contributed by atoms with E-state index < -0.39 is 5.60 Å². The van der Waals surface area contributed by atoms with Crippen LogP contribution in [0.4, 0.5) is 0 Å². The molecule has 2 unspecified atom stereocenters. The number of aliphatic hydroxyl groups is 1. The highest BCUT2D eigenvalue weighted by atomic mass is 32.2. The van der Waals surface area contributed by atoms with E-state index in [1.807, 2.05) is 18.7 Å². The molecule has 17 heavy (non-hydrogen) atoms. The Morgan fingerprint density at radius 3 is 3.00 bits per heavy atom. The van der Waals surface area contributed by atoms with E-state index in [9.17, 15) is 5.11 Å². The van der Waals surface area contributed by atoms with Crippen LogP contribution < -0.4 is 5.32 Å². The minimum Gasteiger partial charge on any atom is -0.389 e. The normalized spacial score (nSPS) is 22.2. The first kappa shape index (κ1) is 12.9. The molecule has 2 rings (SSSR count). The van der Waals surface area contributed by atoms with E-state index in [4.69, 9.17) is 0 Å². The van der Waals surface area contributed by atoms with Crippen LogP contribution in [0, 0.1) is 0 Å². The molecule has 0 bridgehead atoms. The summed E-state index contributed by atoms with van der Waals surface area (Å²) in [4.78, 5) is 1.38. The van der Waals surface area contributed by atoms with E-state index in [-0.39, 0.29) is 0 Å². The summed E-state index contributed by atoms with van der Waals surface area (Å²) in [6.45, 7) is 4.69. The molecule has 0 spiro atoms. The van der Waals surface area contributed by atoms with Gasteiger partial charge < -0.3 is 10.4 Å². The molecule has 0 fully saturated rings. The second-order valence-corrected chi connectivity index (χ2v) is 6.09. The van der Waals surface area contributed by atoms with Gasteiger partial charge in [0.25, 0.3) is 0 Å². The van der Waals surface area contributed by atoms with Crippen LogP contribution in [0.3, 0.4) is 0 Å². The first-order valence-corrected chi connectivity index (χ1v) is 7.28. The van der Waals surface area contributed by atoms with Crippen LogP contribution in [-0.2, 0) is 0 Å². The molecule has 1 aromatic carbocycles. The summed E-state index contributed by atoms with van der Waals surface area (Å²) in [6.07, 6.45) is 1.87. The Morgan fingerprint density at radius 1 is 1.47 bits per heavy atom. The zero-order valence-corrected chi connectivity index (χ0v) is 11.4. The number of hydrogen-bond donors (Lipinski definition) is 2. The van der Waals surface area contributed by atoms with Gasteiger partial charge in [-0.3, -0.25) is 0 Å². The summed E-state index contributed by atoms with van der Waals surface area (Å²) in [5.41, 5.74) is 0.793. The number of hydrogen-bond acceptors (Lipinski definition) is 3. The molecule has 1 heterocycles. The highest BCUT2D eigenvalue weighted by Crippen LogP contribution is 2.37. The standard InChI is InChI=1S/C14H21NOS/c1-3-8-14(2,16)10-15-12-9-17-13-7-5-4-6-11(12)13/h4-7,12,15-16H,3,8-10H2,1-2H3. The van der Waals surface area contributed by atoms with Gasteiger partial charge in [-0.15, -0.1) is 11.8 Å². The number of rotatable bonds is 5. The van der Waals surface area contributed by atoms with Crippen molar-refractivity contribution < 1.29 is 5.11 Å². The van der Waals surface area contributed by atoms with Gasteiger partial charge in [0.2, 0.25) is 0 Å². The van der Waals surface area contributed by atoms with E-state index in [2.05, 4.69) is 36.5 Å². The fourth-order valence-corrected chi connectivity index (χ4v) is 3.50. The molecule has 2 N–H and O–H groups in total. The number of benzene rings is 1. The molecule has 1 aliphatic rings. The monoisotopic (exact) mass is 251 g/mol. The van der Waals surface area contributed by atoms with Crippen molar-refractivity contribution >= 4 is 11.8 Å². The Morgan fingerprint density at radius 2 is 2.24 bits per heavy atom. The van der Waals surface area contributed by atoms with Crippen molar-refractivity contribution in [2.24, 2.45) is 0 Å². The second-order valence-electron chi connectivity index (χ2n) is 5.03. The molecule has 0 aliphatic carbocycles. The maximum Gasteiger partial charge on any atom is 0.0743 e. The lowest BCUT2D eigenvalue weighted by Gasteiger charge is -2.25. The largest absolute Gasteiger partial charge is 0.389 e. The lowest BCUT2D eigenvalue weighted by atomic mass is 9.99. The first-order valence-electron chi connectivity index (χ1n) is 6.30. The van der Waals surface area contributed by atoms with Crippen molar-refractivity contribution in [1.29, 1.82) is 0 Å². The van der Waals surface area contributed by atoms with Gasteiger partial charge in [0, 0.05) is 23.2 Å². The van der Waals surface area contributed by atoms with Crippen LogP contribution in [0.2, 0.25) is 0 Å². The number of fused-ring (bicyclic) bond motifs is 1. The summed E-state index contributed by atoms with van der Waals surface area (Å²) >= 11 is 1.90. The Kier molecular flexibility index (Phi) is 4.13. The van der Waals surface area contributed by atoms with Crippen LogP contribution in [0.25, 0.3) is 0 Å². The third kappa shape index (κ3) is 3.24. The van der Waals surface area contributed by atoms with Gasteiger partial charge in [0.1, 0.15) is 0 Å². The van der Waals surface area contributed by atoms with E-state index in [0.29, 0.717) is 12.6 Å². The number of nitrogens with one attached hydrogen (secondary N) is 1. The summed E-state index contributed by atoms with van der Waals surface area (Å²) in [5, 5.41) is 13.6. The number of thioether (sulfide) groups is 1. The van der Waals surface area contributed by atoms with Crippen LogP contribution in [0.15, 0.2) is 29.2 Å². The summed E-state index contributed by atoms with van der Waals surface area (Å²) < 4.78 is 0. The average Bonchev–Trinajstić information content (AvgIpc) is 2.70. The summed E-state index contributed by atoms with van der Waals surface area (Å²) in [6, 6.07) is 8.91.